The summed E-state index contributed by atoms with van der Waals surface area (Å²) in [7, 11) is 0. The maximum absolute atomic E-state index is 12.5. The first-order chi connectivity index (χ1) is 14.5. The molecule has 6 nitrogen and oxygen atoms in total. The van der Waals surface area contributed by atoms with Gasteiger partial charge in [-0.3, -0.25) is 4.79 Å². The minimum absolute atomic E-state index is 0.152. The van der Waals surface area contributed by atoms with Crippen LogP contribution in [0.5, 0.6) is 0 Å². The maximum Gasteiger partial charge on any atom is 0.227 e. The Labute approximate surface area is 183 Å². The molecule has 1 aliphatic carbocycles. The number of guanidine groups is 1. The molecule has 0 bridgehead atoms. The Morgan fingerprint density at radius 1 is 1.20 bits per heavy atom. The van der Waals surface area contributed by atoms with Crippen molar-refractivity contribution in [2.45, 2.75) is 66.0 Å². The molecule has 1 aromatic heterocycles. The molecule has 0 unspecified atom stereocenters. The summed E-state index contributed by atoms with van der Waals surface area (Å²) in [6.07, 6.45) is 5.58. The van der Waals surface area contributed by atoms with Gasteiger partial charge in [0.1, 0.15) is 5.01 Å². The molecule has 7 heteroatoms. The van der Waals surface area contributed by atoms with Crippen LogP contribution in [-0.4, -0.2) is 23.4 Å². The zero-order valence-electron chi connectivity index (χ0n) is 18.3. The summed E-state index contributed by atoms with van der Waals surface area (Å²) < 4.78 is 0. The van der Waals surface area contributed by atoms with Gasteiger partial charge >= 0.3 is 0 Å². The van der Waals surface area contributed by atoms with E-state index < -0.39 is 0 Å². The van der Waals surface area contributed by atoms with Gasteiger partial charge in [-0.05, 0) is 51.3 Å². The molecule has 1 amide bonds. The van der Waals surface area contributed by atoms with Crippen LogP contribution in [0.25, 0.3) is 0 Å². The number of hydrogen-bond acceptors (Lipinski definition) is 4. The number of nitrogens with zero attached hydrogens (tertiary/aromatic N) is 2. The van der Waals surface area contributed by atoms with Crippen molar-refractivity contribution < 1.29 is 4.79 Å². The Hall–Kier alpha value is -2.41. The van der Waals surface area contributed by atoms with Gasteiger partial charge in [-0.15, -0.1) is 11.3 Å². The molecule has 0 atom stereocenters. The number of anilines is 1. The largest absolute Gasteiger partial charge is 0.357 e. The number of carbonyl (C=O) groups excluding carboxylic acids is 1. The second-order valence-electron chi connectivity index (χ2n) is 7.82. The van der Waals surface area contributed by atoms with E-state index in [4.69, 9.17) is 4.99 Å². The lowest BCUT2D eigenvalue weighted by Gasteiger charge is -2.20. The van der Waals surface area contributed by atoms with Crippen molar-refractivity contribution in [3.63, 3.8) is 0 Å². The summed E-state index contributed by atoms with van der Waals surface area (Å²) in [5, 5.41) is 10.8. The van der Waals surface area contributed by atoms with Gasteiger partial charge in [0, 0.05) is 23.0 Å². The average Bonchev–Trinajstić information content (AvgIpc) is 3.08. The van der Waals surface area contributed by atoms with Crippen LogP contribution in [0.4, 0.5) is 5.69 Å². The number of hydrogen-bond donors (Lipinski definition) is 3. The predicted octanol–water partition coefficient (Wildman–Crippen LogP) is 4.53. The normalized spacial score (nSPS) is 15.1. The zero-order valence-corrected chi connectivity index (χ0v) is 19.1. The Bertz CT molecular complexity index is 851. The molecule has 1 fully saturated rings. The summed E-state index contributed by atoms with van der Waals surface area (Å²) in [6.45, 7) is 8.17. The van der Waals surface area contributed by atoms with Crippen LogP contribution in [0.3, 0.4) is 0 Å². The van der Waals surface area contributed by atoms with Gasteiger partial charge < -0.3 is 16.0 Å². The van der Waals surface area contributed by atoms with Crippen molar-refractivity contribution in [2.24, 2.45) is 10.9 Å². The minimum atomic E-state index is 0.152. The molecular weight excluding hydrogens is 394 g/mol. The van der Waals surface area contributed by atoms with Crippen LogP contribution < -0.4 is 16.0 Å². The molecule has 3 rings (SSSR count). The number of amides is 1. The number of aryl methyl sites for hydroxylation is 2. The maximum atomic E-state index is 12.5. The van der Waals surface area contributed by atoms with E-state index in [9.17, 15) is 4.79 Å². The smallest absolute Gasteiger partial charge is 0.227 e. The Morgan fingerprint density at radius 2 is 2.00 bits per heavy atom. The topological polar surface area (TPSA) is 78.4 Å². The molecular formula is C23H33N5OS. The molecule has 1 saturated carbocycles. The van der Waals surface area contributed by atoms with Gasteiger partial charge in [-0.2, -0.15) is 0 Å². The Morgan fingerprint density at radius 3 is 2.70 bits per heavy atom. The zero-order chi connectivity index (χ0) is 21.3. The van der Waals surface area contributed by atoms with Crippen molar-refractivity contribution in [3.05, 3.63) is 45.4 Å². The standard InChI is InChI=1S/C23H33N5OS/c1-4-24-23(26-15-21-27-16(2)17(3)30-21)25-14-18-9-8-12-20(13-18)28-22(29)19-10-6-5-7-11-19/h8-9,12-13,19H,4-7,10-11,14-15H2,1-3H3,(H,28,29)(H2,24,25,26). The van der Waals surface area contributed by atoms with Crippen LogP contribution >= 0.6 is 11.3 Å². The highest BCUT2D eigenvalue weighted by Crippen LogP contribution is 2.25. The van der Waals surface area contributed by atoms with E-state index >= 15 is 0 Å². The Kier molecular flexibility index (Phi) is 8.25. The third-order valence-corrected chi connectivity index (χ3v) is 6.49. The van der Waals surface area contributed by atoms with E-state index in [1.54, 1.807) is 11.3 Å². The van der Waals surface area contributed by atoms with Gasteiger partial charge in [0.25, 0.3) is 0 Å². The van der Waals surface area contributed by atoms with Gasteiger partial charge in [-0.25, -0.2) is 9.98 Å². The van der Waals surface area contributed by atoms with Gasteiger partial charge in [0.15, 0.2) is 5.96 Å². The van der Waals surface area contributed by atoms with Gasteiger partial charge in [0.05, 0.1) is 18.8 Å². The van der Waals surface area contributed by atoms with E-state index in [-0.39, 0.29) is 11.8 Å². The second kappa shape index (κ2) is 11.1. The predicted molar refractivity (Wildman–Crippen MR) is 125 cm³/mol. The van der Waals surface area contributed by atoms with E-state index in [0.717, 1.165) is 60.1 Å². The summed E-state index contributed by atoms with van der Waals surface area (Å²) in [5.41, 5.74) is 3.00. The third kappa shape index (κ3) is 6.55. The number of carbonyl (C=O) groups is 1. The summed E-state index contributed by atoms with van der Waals surface area (Å²) >= 11 is 1.71. The molecule has 0 radical (unpaired) electrons. The van der Waals surface area contributed by atoms with E-state index in [1.807, 2.05) is 31.2 Å². The van der Waals surface area contributed by atoms with Crippen LogP contribution in [0.15, 0.2) is 29.3 Å². The second-order valence-corrected chi connectivity index (χ2v) is 9.11. The molecule has 0 saturated heterocycles. The van der Waals surface area contributed by atoms with Crippen molar-refractivity contribution in [1.82, 2.24) is 15.6 Å². The summed E-state index contributed by atoms with van der Waals surface area (Å²) in [4.78, 5) is 23.0. The number of rotatable bonds is 7. The van der Waals surface area contributed by atoms with Crippen molar-refractivity contribution >= 4 is 28.9 Å². The Balaban J connectivity index is 1.58. The van der Waals surface area contributed by atoms with Gasteiger partial charge in [-0.1, -0.05) is 31.4 Å². The lowest BCUT2D eigenvalue weighted by Crippen LogP contribution is -2.36. The lowest BCUT2D eigenvalue weighted by atomic mass is 9.88. The number of thiazole rings is 1. The van der Waals surface area contributed by atoms with Crippen molar-refractivity contribution in [2.75, 3.05) is 11.9 Å². The average molecular weight is 428 g/mol. The van der Waals surface area contributed by atoms with E-state index in [2.05, 4.69) is 34.8 Å². The SMILES string of the molecule is CCNC(=NCc1cccc(NC(=O)C2CCCCC2)c1)NCc1nc(C)c(C)s1. The molecule has 0 spiro atoms. The molecule has 30 heavy (non-hydrogen) atoms. The summed E-state index contributed by atoms with van der Waals surface area (Å²) in [5.74, 6) is 1.07. The highest BCUT2D eigenvalue weighted by molar-refractivity contribution is 7.11. The van der Waals surface area contributed by atoms with Crippen LogP contribution in [0.1, 0.15) is 60.2 Å². The van der Waals surface area contributed by atoms with E-state index in [0.29, 0.717) is 13.1 Å². The third-order valence-electron chi connectivity index (χ3n) is 5.41. The van der Waals surface area contributed by atoms with E-state index in [1.165, 1.54) is 11.3 Å². The number of nitrogens with one attached hydrogen (secondary N) is 3. The molecule has 3 N–H and O–H groups in total. The number of aliphatic imine (C=N–C) groups is 1. The first-order valence-electron chi connectivity index (χ1n) is 10.9. The highest BCUT2D eigenvalue weighted by atomic mass is 32.1. The van der Waals surface area contributed by atoms with Gasteiger partial charge in [0.2, 0.25) is 5.91 Å². The van der Waals surface area contributed by atoms with Crippen LogP contribution in [0, 0.1) is 19.8 Å². The fourth-order valence-electron chi connectivity index (χ4n) is 3.64. The van der Waals surface area contributed by atoms with Crippen molar-refractivity contribution in [1.29, 1.82) is 0 Å². The molecule has 1 aromatic carbocycles. The number of aromatic nitrogens is 1. The highest BCUT2D eigenvalue weighted by Gasteiger charge is 2.21. The lowest BCUT2D eigenvalue weighted by molar-refractivity contribution is -0.120. The fourth-order valence-corrected chi connectivity index (χ4v) is 4.52. The fraction of sp³-hybridized carbons (Fsp3) is 0.522. The quantitative estimate of drug-likeness (QED) is 0.448. The molecule has 162 valence electrons. The number of benzene rings is 1. The van der Waals surface area contributed by atoms with Crippen LogP contribution in [0.2, 0.25) is 0 Å². The molecule has 1 aliphatic rings. The minimum Gasteiger partial charge on any atom is -0.357 e. The first-order valence-corrected chi connectivity index (χ1v) is 11.7. The molecule has 2 aromatic rings. The van der Waals surface area contributed by atoms with Crippen LogP contribution in [-0.2, 0) is 17.9 Å². The summed E-state index contributed by atoms with van der Waals surface area (Å²) in [6, 6.07) is 7.98. The first kappa shape index (κ1) is 22.3. The molecule has 1 heterocycles. The monoisotopic (exact) mass is 427 g/mol. The van der Waals surface area contributed by atoms with Crippen molar-refractivity contribution in [3.8, 4) is 0 Å². The molecule has 0 aliphatic heterocycles.